The van der Waals surface area contributed by atoms with Gasteiger partial charge in [-0.1, -0.05) is 11.6 Å². The molecule has 128 valence electrons. The summed E-state index contributed by atoms with van der Waals surface area (Å²) in [5.74, 6) is -1.80. The molecule has 1 atom stereocenters. The summed E-state index contributed by atoms with van der Waals surface area (Å²) in [6.07, 6.45) is -3.94. The van der Waals surface area contributed by atoms with E-state index in [9.17, 15) is 22.8 Å². The number of methoxy groups -OCH3 is 1. The number of rotatable bonds is 5. The summed E-state index contributed by atoms with van der Waals surface area (Å²) in [7, 11) is 0.613. The lowest BCUT2D eigenvalue weighted by Crippen LogP contribution is -2.66. The van der Waals surface area contributed by atoms with Gasteiger partial charge in [-0.25, -0.2) is 14.6 Å². The second kappa shape index (κ2) is 7.47. The minimum Gasteiger partial charge on any atom is -0.462 e. The molecule has 0 aromatic carbocycles. The average molecular weight is 356 g/mol. The van der Waals surface area contributed by atoms with Crippen LogP contribution < -0.4 is 10.6 Å². The van der Waals surface area contributed by atoms with Gasteiger partial charge in [-0.05, 0) is 19.1 Å². The maximum absolute atomic E-state index is 13.2. The predicted molar refractivity (Wildman–Crippen MR) is 73.8 cm³/mol. The van der Waals surface area contributed by atoms with E-state index in [4.69, 9.17) is 11.6 Å². The van der Waals surface area contributed by atoms with Gasteiger partial charge in [0.1, 0.15) is 0 Å². The van der Waals surface area contributed by atoms with Gasteiger partial charge < -0.3 is 14.8 Å². The maximum Gasteiger partial charge on any atom is 0.448 e. The van der Waals surface area contributed by atoms with Crippen molar-refractivity contribution in [3.05, 3.63) is 23.5 Å². The molecule has 23 heavy (non-hydrogen) atoms. The number of anilines is 1. The smallest absolute Gasteiger partial charge is 0.448 e. The van der Waals surface area contributed by atoms with E-state index < -0.39 is 23.9 Å². The van der Waals surface area contributed by atoms with Crippen molar-refractivity contribution in [3.8, 4) is 0 Å². The van der Waals surface area contributed by atoms with E-state index in [-0.39, 0.29) is 17.4 Å². The van der Waals surface area contributed by atoms with Crippen LogP contribution in [0.25, 0.3) is 0 Å². The molecule has 0 aliphatic heterocycles. The Morgan fingerprint density at radius 1 is 1.39 bits per heavy atom. The van der Waals surface area contributed by atoms with E-state index in [2.05, 4.69) is 14.5 Å². The molecule has 0 spiro atoms. The first-order valence-corrected chi connectivity index (χ1v) is 6.54. The predicted octanol–water partition coefficient (Wildman–Crippen LogP) is 2.32. The van der Waals surface area contributed by atoms with E-state index in [1.807, 2.05) is 5.32 Å². The molecular formula is C12H13ClF3N3O4. The first-order valence-electron chi connectivity index (χ1n) is 6.16. The Bertz CT molecular complexity index is 585. The number of pyridine rings is 1. The second-order valence-electron chi connectivity index (χ2n) is 4.02. The first kappa shape index (κ1) is 19.0. The third-order valence-corrected chi connectivity index (χ3v) is 2.87. The first-order chi connectivity index (χ1) is 10.7. The van der Waals surface area contributed by atoms with E-state index >= 15 is 0 Å². The van der Waals surface area contributed by atoms with Gasteiger partial charge in [0.05, 0.1) is 12.3 Å². The number of nitrogens with zero attached hydrogens (tertiary/aromatic N) is 1. The third-order valence-electron chi connectivity index (χ3n) is 2.57. The fourth-order valence-corrected chi connectivity index (χ4v) is 1.68. The molecule has 2 amide bonds. The Hall–Kier alpha value is -2.07. The molecule has 0 radical (unpaired) electrons. The molecule has 1 aromatic rings. The quantitative estimate of drug-likeness (QED) is 0.480. The standard InChI is InChI=1S/C12H13ClF3N3O4/c1-3-23-9(20)11(22-2,12(14,15)16)19-10(21)18-7-5-4-6-17-8(7)13/h4-6H,3H2,1-2H3,(H2,18,19,21). The molecule has 0 aliphatic rings. The number of amides is 2. The van der Waals surface area contributed by atoms with Crippen LogP contribution in [0, 0.1) is 0 Å². The summed E-state index contributed by atoms with van der Waals surface area (Å²) in [4.78, 5) is 27.1. The number of alkyl halides is 3. The van der Waals surface area contributed by atoms with Gasteiger partial charge in [-0.3, -0.25) is 5.32 Å². The van der Waals surface area contributed by atoms with E-state index in [0.717, 1.165) is 0 Å². The highest BCUT2D eigenvalue weighted by Crippen LogP contribution is 2.32. The highest BCUT2D eigenvalue weighted by molar-refractivity contribution is 6.32. The minimum atomic E-state index is -5.26. The van der Waals surface area contributed by atoms with Crippen LogP contribution in [0.2, 0.25) is 5.15 Å². The SMILES string of the molecule is CCOC(=O)C(NC(=O)Nc1cccnc1Cl)(OC)C(F)(F)F. The largest absolute Gasteiger partial charge is 0.462 e. The van der Waals surface area contributed by atoms with Crippen molar-refractivity contribution in [2.24, 2.45) is 0 Å². The lowest BCUT2D eigenvalue weighted by atomic mass is 10.2. The van der Waals surface area contributed by atoms with Gasteiger partial charge in [0, 0.05) is 13.3 Å². The molecule has 0 saturated carbocycles. The second-order valence-corrected chi connectivity index (χ2v) is 4.38. The topological polar surface area (TPSA) is 89.5 Å². The number of urea groups is 1. The monoisotopic (exact) mass is 355 g/mol. The van der Waals surface area contributed by atoms with Crippen LogP contribution in [-0.2, 0) is 14.3 Å². The molecule has 1 rings (SSSR count). The Morgan fingerprint density at radius 2 is 2.04 bits per heavy atom. The van der Waals surface area contributed by atoms with Crippen molar-refractivity contribution in [3.63, 3.8) is 0 Å². The molecular weight excluding hydrogens is 343 g/mol. The zero-order valence-corrected chi connectivity index (χ0v) is 12.8. The number of esters is 1. The lowest BCUT2D eigenvalue weighted by molar-refractivity contribution is -0.276. The molecule has 0 fully saturated rings. The molecule has 11 heteroatoms. The van der Waals surface area contributed by atoms with Gasteiger partial charge in [-0.2, -0.15) is 13.2 Å². The molecule has 1 unspecified atom stereocenters. The fraction of sp³-hybridized carbons (Fsp3) is 0.417. The molecule has 1 aromatic heterocycles. The molecule has 7 nitrogen and oxygen atoms in total. The number of hydrogen-bond donors (Lipinski definition) is 2. The summed E-state index contributed by atoms with van der Waals surface area (Å²) in [6.45, 7) is 0.974. The van der Waals surface area contributed by atoms with Crippen LogP contribution in [-0.4, -0.2) is 42.6 Å². The highest BCUT2D eigenvalue weighted by atomic mass is 35.5. The number of aromatic nitrogens is 1. The van der Waals surface area contributed by atoms with E-state index in [1.54, 1.807) is 0 Å². The van der Waals surface area contributed by atoms with Crippen LogP contribution in [0.1, 0.15) is 6.92 Å². The van der Waals surface area contributed by atoms with Gasteiger partial charge in [0.25, 0.3) is 0 Å². The Morgan fingerprint density at radius 3 is 2.52 bits per heavy atom. The zero-order chi connectivity index (χ0) is 17.7. The minimum absolute atomic E-state index is 0.0531. The number of halogens is 4. The summed E-state index contributed by atoms with van der Waals surface area (Å²) < 4.78 is 48.2. The number of ether oxygens (including phenoxy) is 2. The van der Waals surface area contributed by atoms with Crippen molar-refractivity contribution < 1.29 is 32.2 Å². The Labute approximate surface area is 134 Å². The van der Waals surface area contributed by atoms with Gasteiger partial charge in [0.2, 0.25) is 0 Å². The number of hydrogen-bond acceptors (Lipinski definition) is 5. The van der Waals surface area contributed by atoms with Crippen molar-refractivity contribution >= 4 is 29.3 Å². The van der Waals surface area contributed by atoms with Gasteiger partial charge >= 0.3 is 23.9 Å². The number of carbonyl (C=O) groups is 2. The van der Waals surface area contributed by atoms with Crippen LogP contribution in [0.3, 0.4) is 0 Å². The zero-order valence-electron chi connectivity index (χ0n) is 12.0. The van der Waals surface area contributed by atoms with Gasteiger partial charge in [0.15, 0.2) is 5.15 Å². The van der Waals surface area contributed by atoms with Crippen LogP contribution in [0.15, 0.2) is 18.3 Å². The third kappa shape index (κ3) is 4.23. The maximum atomic E-state index is 13.2. The summed E-state index contributed by atoms with van der Waals surface area (Å²) in [6, 6.07) is 1.33. The summed E-state index contributed by atoms with van der Waals surface area (Å²) >= 11 is 5.68. The molecule has 0 aliphatic carbocycles. The Kier molecular flexibility index (Phi) is 6.16. The molecule has 1 heterocycles. The van der Waals surface area contributed by atoms with Crippen LogP contribution in [0.4, 0.5) is 23.7 Å². The van der Waals surface area contributed by atoms with E-state index in [1.165, 1.54) is 30.6 Å². The lowest BCUT2D eigenvalue weighted by Gasteiger charge is -2.32. The molecule has 2 N–H and O–H groups in total. The average Bonchev–Trinajstić information content (AvgIpc) is 2.46. The number of nitrogens with one attached hydrogen (secondary N) is 2. The Balaban J connectivity index is 3.03. The fourth-order valence-electron chi connectivity index (χ4n) is 1.51. The normalized spacial score (nSPS) is 13.8. The molecule has 0 saturated heterocycles. The van der Waals surface area contributed by atoms with Crippen molar-refractivity contribution in [1.29, 1.82) is 0 Å². The summed E-state index contributed by atoms with van der Waals surface area (Å²) in [5.41, 5.74) is -3.70. The van der Waals surface area contributed by atoms with Gasteiger partial charge in [-0.15, -0.1) is 0 Å². The number of carbonyl (C=O) groups excluding carboxylic acids is 2. The van der Waals surface area contributed by atoms with Crippen LogP contribution >= 0.6 is 11.6 Å². The van der Waals surface area contributed by atoms with Crippen molar-refractivity contribution in [1.82, 2.24) is 10.3 Å². The van der Waals surface area contributed by atoms with Crippen LogP contribution in [0.5, 0.6) is 0 Å². The summed E-state index contributed by atoms with van der Waals surface area (Å²) in [5, 5.41) is 3.31. The highest BCUT2D eigenvalue weighted by Gasteiger charge is 2.64. The molecule has 0 bridgehead atoms. The van der Waals surface area contributed by atoms with Crippen molar-refractivity contribution in [2.75, 3.05) is 19.0 Å². The van der Waals surface area contributed by atoms with Crippen molar-refractivity contribution in [2.45, 2.75) is 18.8 Å². The van der Waals surface area contributed by atoms with E-state index in [0.29, 0.717) is 7.11 Å².